The van der Waals surface area contributed by atoms with Gasteiger partial charge in [0.2, 0.25) is 0 Å². The molecule has 6 heteroatoms. The molecule has 0 saturated heterocycles. The number of benzene rings is 1. The van der Waals surface area contributed by atoms with Crippen LogP contribution in [0.1, 0.15) is 11.1 Å². The molecule has 0 aliphatic heterocycles. The summed E-state index contributed by atoms with van der Waals surface area (Å²) in [5.74, 6) is -2.53. The summed E-state index contributed by atoms with van der Waals surface area (Å²) in [5, 5.41) is 14.8. The van der Waals surface area contributed by atoms with E-state index < -0.39 is 11.9 Å². The van der Waals surface area contributed by atoms with Crippen molar-refractivity contribution in [2.24, 2.45) is 0 Å². The van der Waals surface area contributed by atoms with Gasteiger partial charge in [-0.25, -0.2) is 9.59 Å². The van der Waals surface area contributed by atoms with Crippen molar-refractivity contribution in [3.63, 3.8) is 0 Å². The second-order valence-corrected chi connectivity index (χ2v) is 5.55. The number of carboxylic acid groups (broad SMARTS) is 2. The summed E-state index contributed by atoms with van der Waals surface area (Å²) >= 11 is 1.90. The molecule has 2 rings (SSSR count). The molecule has 0 aliphatic carbocycles. The zero-order valence-corrected chi connectivity index (χ0v) is 12.9. The average molecular weight is 319 g/mol. The Morgan fingerprint density at radius 3 is 2.05 bits per heavy atom. The second kappa shape index (κ2) is 9.57. The van der Waals surface area contributed by atoms with Crippen molar-refractivity contribution in [1.82, 2.24) is 4.98 Å². The average Bonchev–Trinajstić information content (AvgIpc) is 2.51. The quantitative estimate of drug-likeness (QED) is 0.665. The predicted octanol–water partition coefficient (Wildman–Crippen LogP) is 2.88. The summed E-state index contributed by atoms with van der Waals surface area (Å²) in [4.78, 5) is 23.6. The van der Waals surface area contributed by atoms with Crippen LogP contribution in [0.25, 0.3) is 0 Å². The highest BCUT2D eigenvalue weighted by molar-refractivity contribution is 7.99. The normalized spacial score (nSPS) is 9.50. The fourth-order valence-corrected chi connectivity index (χ4v) is 2.37. The van der Waals surface area contributed by atoms with Crippen LogP contribution >= 0.6 is 11.8 Å². The minimum Gasteiger partial charge on any atom is -0.473 e. The predicted molar refractivity (Wildman–Crippen MR) is 85.1 cm³/mol. The van der Waals surface area contributed by atoms with Crippen molar-refractivity contribution in [3.05, 3.63) is 59.9 Å². The summed E-state index contributed by atoms with van der Waals surface area (Å²) in [7, 11) is 0. The molecular formula is C16H17NO4S. The molecule has 0 bridgehead atoms. The Morgan fingerprint density at radius 1 is 1.00 bits per heavy atom. The van der Waals surface area contributed by atoms with Crippen LogP contribution in [0.2, 0.25) is 0 Å². The molecule has 0 spiro atoms. The molecule has 1 aromatic carbocycles. The van der Waals surface area contributed by atoms with Gasteiger partial charge in [-0.2, -0.15) is 0 Å². The van der Waals surface area contributed by atoms with Crippen LogP contribution in [0, 0.1) is 6.92 Å². The van der Waals surface area contributed by atoms with Crippen LogP contribution in [-0.4, -0.2) is 32.9 Å². The van der Waals surface area contributed by atoms with Crippen molar-refractivity contribution in [3.8, 4) is 0 Å². The van der Waals surface area contributed by atoms with Gasteiger partial charge in [0.15, 0.2) is 0 Å². The van der Waals surface area contributed by atoms with E-state index in [0.29, 0.717) is 0 Å². The number of hydrogen-bond donors (Lipinski definition) is 2. The van der Waals surface area contributed by atoms with Crippen LogP contribution in [-0.2, 0) is 16.0 Å². The maximum atomic E-state index is 9.10. The third-order valence-electron chi connectivity index (χ3n) is 2.61. The molecule has 0 unspecified atom stereocenters. The number of pyridine rings is 1. The number of hydrogen-bond acceptors (Lipinski definition) is 4. The number of nitrogens with zero attached hydrogens (tertiary/aromatic N) is 1. The molecule has 0 fully saturated rings. The van der Waals surface area contributed by atoms with Crippen LogP contribution in [0.5, 0.6) is 0 Å². The van der Waals surface area contributed by atoms with E-state index in [1.165, 1.54) is 16.0 Å². The molecule has 0 aliphatic rings. The summed E-state index contributed by atoms with van der Waals surface area (Å²) in [6, 6.07) is 12.9. The minimum absolute atomic E-state index is 1.10. The van der Waals surface area contributed by atoms with Gasteiger partial charge in [0.1, 0.15) is 0 Å². The molecule has 0 saturated carbocycles. The van der Waals surface area contributed by atoms with E-state index in [2.05, 4.69) is 48.3 Å². The maximum Gasteiger partial charge on any atom is 0.414 e. The van der Waals surface area contributed by atoms with Gasteiger partial charge in [-0.1, -0.05) is 17.7 Å². The number of carboxylic acids is 2. The first-order valence-electron chi connectivity index (χ1n) is 6.53. The monoisotopic (exact) mass is 319 g/mol. The SMILES string of the molecule is Cc1ccc(SCCc2ccncc2)cc1.O=C(O)C(=O)O. The van der Waals surface area contributed by atoms with Gasteiger partial charge in [-0.3, -0.25) is 4.98 Å². The molecular weight excluding hydrogens is 302 g/mol. The number of aliphatic carboxylic acids is 2. The Kier molecular flexibility index (Phi) is 7.70. The largest absolute Gasteiger partial charge is 0.473 e. The lowest BCUT2D eigenvalue weighted by Gasteiger charge is -2.02. The Balaban J connectivity index is 0.000000346. The van der Waals surface area contributed by atoms with Crippen molar-refractivity contribution in [2.45, 2.75) is 18.2 Å². The number of carbonyl (C=O) groups is 2. The highest BCUT2D eigenvalue weighted by Crippen LogP contribution is 2.19. The van der Waals surface area contributed by atoms with Crippen molar-refractivity contribution >= 4 is 23.7 Å². The van der Waals surface area contributed by atoms with Gasteiger partial charge in [0.05, 0.1) is 0 Å². The van der Waals surface area contributed by atoms with Gasteiger partial charge < -0.3 is 10.2 Å². The Labute approximate surface area is 133 Å². The molecule has 0 radical (unpaired) electrons. The highest BCUT2D eigenvalue weighted by atomic mass is 32.2. The summed E-state index contributed by atoms with van der Waals surface area (Å²) in [6.07, 6.45) is 4.80. The lowest BCUT2D eigenvalue weighted by Crippen LogP contribution is -2.09. The van der Waals surface area contributed by atoms with E-state index in [-0.39, 0.29) is 0 Å². The van der Waals surface area contributed by atoms with Crippen molar-refractivity contribution in [2.75, 3.05) is 5.75 Å². The lowest BCUT2D eigenvalue weighted by molar-refractivity contribution is -0.159. The standard InChI is InChI=1S/C14H15NS.C2H2O4/c1-12-2-4-14(5-3-12)16-11-8-13-6-9-15-10-7-13;3-1(4)2(5)6/h2-7,9-10H,8,11H2,1H3;(H,3,4)(H,5,6). The van der Waals surface area contributed by atoms with Crippen molar-refractivity contribution in [1.29, 1.82) is 0 Å². The lowest BCUT2D eigenvalue weighted by atomic mass is 10.2. The first-order chi connectivity index (χ1) is 10.5. The molecule has 1 heterocycles. The first kappa shape index (κ1) is 17.7. The van der Waals surface area contributed by atoms with Crippen LogP contribution in [0.3, 0.4) is 0 Å². The van der Waals surface area contributed by atoms with Gasteiger partial charge in [-0.15, -0.1) is 11.8 Å². The van der Waals surface area contributed by atoms with Crippen molar-refractivity contribution < 1.29 is 19.8 Å². The maximum absolute atomic E-state index is 9.10. The zero-order valence-electron chi connectivity index (χ0n) is 12.1. The molecule has 22 heavy (non-hydrogen) atoms. The second-order valence-electron chi connectivity index (χ2n) is 4.38. The van der Waals surface area contributed by atoms with E-state index in [0.717, 1.165) is 12.2 Å². The van der Waals surface area contributed by atoms with E-state index >= 15 is 0 Å². The fourth-order valence-electron chi connectivity index (χ4n) is 1.47. The number of thioether (sulfide) groups is 1. The molecule has 0 amide bonds. The third-order valence-corrected chi connectivity index (χ3v) is 3.63. The van der Waals surface area contributed by atoms with E-state index in [1.807, 2.05) is 24.2 Å². The third kappa shape index (κ3) is 7.44. The molecule has 116 valence electrons. The van der Waals surface area contributed by atoms with Crippen LogP contribution in [0.4, 0.5) is 0 Å². The summed E-state index contributed by atoms with van der Waals surface area (Å²) in [6.45, 7) is 2.12. The van der Waals surface area contributed by atoms with Gasteiger partial charge in [-0.05, 0) is 43.2 Å². The van der Waals surface area contributed by atoms with Crippen LogP contribution < -0.4 is 0 Å². The number of rotatable bonds is 4. The molecule has 2 N–H and O–H groups in total. The molecule has 1 aromatic heterocycles. The number of aryl methyl sites for hydroxylation is 2. The van der Waals surface area contributed by atoms with Crippen LogP contribution in [0.15, 0.2) is 53.7 Å². The van der Waals surface area contributed by atoms with Gasteiger partial charge >= 0.3 is 11.9 Å². The van der Waals surface area contributed by atoms with E-state index in [1.54, 1.807) is 0 Å². The van der Waals surface area contributed by atoms with E-state index in [4.69, 9.17) is 19.8 Å². The van der Waals surface area contributed by atoms with E-state index in [9.17, 15) is 0 Å². The molecule has 0 atom stereocenters. The number of aromatic nitrogens is 1. The summed E-state index contributed by atoms with van der Waals surface area (Å²) < 4.78 is 0. The molecule has 5 nitrogen and oxygen atoms in total. The first-order valence-corrected chi connectivity index (χ1v) is 7.52. The smallest absolute Gasteiger partial charge is 0.414 e. The topological polar surface area (TPSA) is 87.5 Å². The van der Waals surface area contributed by atoms with Gasteiger partial charge in [0.25, 0.3) is 0 Å². The zero-order chi connectivity index (χ0) is 16.4. The molecule has 2 aromatic rings. The Hall–Kier alpha value is -2.34. The summed E-state index contributed by atoms with van der Waals surface area (Å²) in [5.41, 5.74) is 2.67. The Bertz CT molecular complexity index is 587. The highest BCUT2D eigenvalue weighted by Gasteiger charge is 2.04. The minimum atomic E-state index is -1.82. The fraction of sp³-hybridized carbons (Fsp3) is 0.188. The van der Waals surface area contributed by atoms with Gasteiger partial charge in [0, 0.05) is 23.0 Å². The Morgan fingerprint density at radius 2 is 1.55 bits per heavy atom.